The number of hydrogen-bond acceptors (Lipinski definition) is 3. The number of nitrogens with one attached hydrogen (secondary N) is 1. The van der Waals surface area contributed by atoms with Crippen LogP contribution in [0.2, 0.25) is 5.02 Å². The first kappa shape index (κ1) is 15.7. The number of nitrogens with zero attached hydrogens (tertiary/aromatic N) is 1. The lowest BCUT2D eigenvalue weighted by atomic mass is 10.1. The lowest BCUT2D eigenvalue weighted by molar-refractivity contribution is 0.410. The Bertz CT molecular complexity index is 710. The van der Waals surface area contributed by atoms with Crippen molar-refractivity contribution in [1.82, 2.24) is 0 Å². The third kappa shape index (κ3) is 3.69. The first-order chi connectivity index (χ1) is 10.0. The Morgan fingerprint density at radius 3 is 2.76 bits per heavy atom. The van der Waals surface area contributed by atoms with Gasteiger partial charge >= 0.3 is 0 Å². The molecule has 0 saturated heterocycles. The summed E-state index contributed by atoms with van der Waals surface area (Å²) < 4.78 is 6.26. The average Bonchev–Trinajstić information content (AvgIpc) is 2.49. The molecule has 2 rings (SSSR count). The van der Waals surface area contributed by atoms with Crippen molar-refractivity contribution in [2.24, 2.45) is 0 Å². The number of halogens is 2. The quantitative estimate of drug-likeness (QED) is 0.838. The van der Waals surface area contributed by atoms with E-state index in [4.69, 9.17) is 21.6 Å². The molecule has 0 bridgehead atoms. The minimum Gasteiger partial charge on any atom is -0.496 e. The van der Waals surface area contributed by atoms with Gasteiger partial charge in [-0.25, -0.2) is 0 Å². The predicted octanol–water partition coefficient (Wildman–Crippen LogP) is 4.90. The van der Waals surface area contributed by atoms with Gasteiger partial charge in [-0.15, -0.1) is 0 Å². The summed E-state index contributed by atoms with van der Waals surface area (Å²) in [5.41, 5.74) is 3.43. The summed E-state index contributed by atoms with van der Waals surface area (Å²) in [5.74, 6) is 0.746. The van der Waals surface area contributed by atoms with Crippen LogP contribution < -0.4 is 10.1 Å². The summed E-state index contributed by atoms with van der Waals surface area (Å²) >= 11 is 9.66. The molecular formula is C16H14BrClN2O. The fourth-order valence-electron chi connectivity index (χ4n) is 1.96. The molecular weight excluding hydrogens is 352 g/mol. The van der Waals surface area contributed by atoms with Crippen molar-refractivity contribution in [1.29, 1.82) is 5.26 Å². The van der Waals surface area contributed by atoms with Crippen LogP contribution in [0.15, 0.2) is 34.8 Å². The van der Waals surface area contributed by atoms with Gasteiger partial charge in [0.25, 0.3) is 0 Å². The Morgan fingerprint density at radius 2 is 2.10 bits per heavy atom. The lowest BCUT2D eigenvalue weighted by Crippen LogP contribution is -2.03. The molecule has 0 saturated carbocycles. The third-order valence-corrected chi connectivity index (χ3v) is 4.19. The monoisotopic (exact) mass is 364 g/mol. The first-order valence-corrected chi connectivity index (χ1v) is 7.48. The number of anilines is 1. The Morgan fingerprint density at radius 1 is 1.33 bits per heavy atom. The van der Waals surface area contributed by atoms with E-state index in [1.807, 2.05) is 25.1 Å². The molecule has 0 aliphatic heterocycles. The molecule has 108 valence electrons. The van der Waals surface area contributed by atoms with Crippen LogP contribution in [0.3, 0.4) is 0 Å². The van der Waals surface area contributed by atoms with Crippen molar-refractivity contribution in [3.8, 4) is 11.8 Å². The summed E-state index contributed by atoms with van der Waals surface area (Å²) in [6, 6.07) is 11.3. The zero-order valence-electron chi connectivity index (χ0n) is 11.7. The Hall–Kier alpha value is -1.70. The lowest BCUT2D eigenvalue weighted by Gasteiger charge is -2.13. The van der Waals surface area contributed by atoms with Crippen LogP contribution in [0, 0.1) is 18.3 Å². The summed E-state index contributed by atoms with van der Waals surface area (Å²) in [5, 5.41) is 13.0. The van der Waals surface area contributed by atoms with Crippen LogP contribution >= 0.6 is 27.5 Å². The van der Waals surface area contributed by atoms with E-state index in [-0.39, 0.29) is 0 Å². The predicted molar refractivity (Wildman–Crippen MR) is 88.9 cm³/mol. The zero-order valence-corrected chi connectivity index (χ0v) is 14.0. The highest BCUT2D eigenvalue weighted by atomic mass is 79.9. The highest BCUT2D eigenvalue weighted by Crippen LogP contribution is 2.30. The van der Waals surface area contributed by atoms with Crippen molar-refractivity contribution >= 4 is 33.2 Å². The van der Waals surface area contributed by atoms with Crippen LogP contribution in [0.5, 0.6) is 5.75 Å². The van der Waals surface area contributed by atoms with E-state index in [2.05, 4.69) is 27.3 Å². The van der Waals surface area contributed by atoms with E-state index in [9.17, 15) is 0 Å². The van der Waals surface area contributed by atoms with E-state index in [0.29, 0.717) is 17.1 Å². The van der Waals surface area contributed by atoms with Gasteiger partial charge in [-0.2, -0.15) is 5.26 Å². The standard InChI is InChI=1S/C16H14BrClN2O/c1-10-5-13(17)15(7-14(10)18)20-9-12-6-11(8-19)3-4-16(12)21-2/h3-7,20H,9H2,1-2H3. The topological polar surface area (TPSA) is 45.0 Å². The van der Waals surface area contributed by atoms with Gasteiger partial charge in [0.15, 0.2) is 0 Å². The molecule has 0 unspecified atom stereocenters. The number of methoxy groups -OCH3 is 1. The molecule has 3 nitrogen and oxygen atoms in total. The Balaban J connectivity index is 2.24. The molecule has 0 aliphatic carbocycles. The first-order valence-electron chi connectivity index (χ1n) is 6.31. The summed E-state index contributed by atoms with van der Waals surface area (Å²) in [6.45, 7) is 2.49. The molecule has 0 fully saturated rings. The van der Waals surface area contributed by atoms with Gasteiger partial charge in [-0.1, -0.05) is 11.6 Å². The molecule has 0 amide bonds. The maximum Gasteiger partial charge on any atom is 0.123 e. The summed E-state index contributed by atoms with van der Waals surface area (Å²) in [7, 11) is 1.61. The van der Waals surface area contributed by atoms with Crippen molar-refractivity contribution in [3.05, 3.63) is 56.5 Å². The zero-order chi connectivity index (χ0) is 15.4. The Kier molecular flexibility index (Phi) is 5.11. The maximum absolute atomic E-state index is 8.99. The highest BCUT2D eigenvalue weighted by Gasteiger charge is 2.07. The molecule has 0 radical (unpaired) electrons. The van der Waals surface area contributed by atoms with Crippen molar-refractivity contribution < 1.29 is 4.74 Å². The second-order valence-electron chi connectivity index (χ2n) is 4.57. The molecule has 0 atom stereocenters. The van der Waals surface area contributed by atoms with E-state index >= 15 is 0 Å². The fraction of sp³-hybridized carbons (Fsp3) is 0.188. The fourth-order valence-corrected chi connectivity index (χ4v) is 2.72. The largest absolute Gasteiger partial charge is 0.496 e. The number of benzene rings is 2. The smallest absolute Gasteiger partial charge is 0.123 e. The highest BCUT2D eigenvalue weighted by molar-refractivity contribution is 9.10. The number of aryl methyl sites for hydroxylation is 1. The van der Waals surface area contributed by atoms with Gasteiger partial charge in [-0.3, -0.25) is 0 Å². The summed E-state index contributed by atoms with van der Waals surface area (Å²) in [4.78, 5) is 0. The molecule has 0 heterocycles. The maximum atomic E-state index is 8.99. The number of nitriles is 1. The molecule has 5 heteroatoms. The van der Waals surface area contributed by atoms with E-state index in [0.717, 1.165) is 27.0 Å². The molecule has 0 spiro atoms. The number of hydrogen-bond donors (Lipinski definition) is 1. The van der Waals surface area contributed by atoms with Crippen LogP contribution in [0.25, 0.3) is 0 Å². The minimum absolute atomic E-state index is 0.538. The van der Waals surface area contributed by atoms with Gasteiger partial charge < -0.3 is 10.1 Å². The second-order valence-corrected chi connectivity index (χ2v) is 5.83. The molecule has 1 N–H and O–H groups in total. The Labute approximate surface area is 137 Å². The average molecular weight is 366 g/mol. The van der Waals surface area contributed by atoms with Gasteiger partial charge in [0.2, 0.25) is 0 Å². The third-order valence-electron chi connectivity index (χ3n) is 3.13. The van der Waals surface area contributed by atoms with Crippen LogP contribution in [-0.2, 0) is 6.54 Å². The summed E-state index contributed by atoms with van der Waals surface area (Å²) in [6.07, 6.45) is 0. The van der Waals surface area contributed by atoms with Crippen LogP contribution in [-0.4, -0.2) is 7.11 Å². The SMILES string of the molecule is COc1ccc(C#N)cc1CNc1cc(Cl)c(C)cc1Br. The van der Waals surface area contributed by atoms with E-state index in [1.54, 1.807) is 19.2 Å². The molecule has 21 heavy (non-hydrogen) atoms. The van der Waals surface area contributed by atoms with Crippen molar-refractivity contribution in [2.45, 2.75) is 13.5 Å². The molecule has 0 aromatic heterocycles. The number of ether oxygens (including phenoxy) is 1. The van der Waals surface area contributed by atoms with Gasteiger partial charge in [-0.05, 0) is 58.7 Å². The normalized spacial score (nSPS) is 10.0. The van der Waals surface area contributed by atoms with Crippen LogP contribution in [0.1, 0.15) is 16.7 Å². The van der Waals surface area contributed by atoms with E-state index < -0.39 is 0 Å². The molecule has 0 aliphatic rings. The van der Waals surface area contributed by atoms with Gasteiger partial charge in [0.05, 0.1) is 24.4 Å². The second kappa shape index (κ2) is 6.84. The van der Waals surface area contributed by atoms with E-state index in [1.165, 1.54) is 0 Å². The van der Waals surface area contributed by atoms with Crippen molar-refractivity contribution in [2.75, 3.05) is 12.4 Å². The minimum atomic E-state index is 0.538. The molecule has 2 aromatic carbocycles. The molecule has 2 aromatic rings. The van der Waals surface area contributed by atoms with Crippen molar-refractivity contribution in [3.63, 3.8) is 0 Å². The van der Waals surface area contributed by atoms with Crippen LogP contribution in [0.4, 0.5) is 5.69 Å². The van der Waals surface area contributed by atoms with Gasteiger partial charge in [0, 0.05) is 21.6 Å². The number of rotatable bonds is 4. The van der Waals surface area contributed by atoms with Gasteiger partial charge in [0.1, 0.15) is 5.75 Å².